The van der Waals surface area contributed by atoms with Crippen molar-refractivity contribution < 1.29 is 9.13 Å². The van der Waals surface area contributed by atoms with Crippen molar-refractivity contribution in [3.8, 4) is 0 Å². The number of benzene rings is 1. The van der Waals surface area contributed by atoms with E-state index in [-0.39, 0.29) is 5.82 Å². The van der Waals surface area contributed by atoms with E-state index in [9.17, 15) is 4.39 Å². The van der Waals surface area contributed by atoms with Gasteiger partial charge in [0.2, 0.25) is 0 Å². The highest BCUT2D eigenvalue weighted by Crippen LogP contribution is 2.32. The molecule has 19 heavy (non-hydrogen) atoms. The number of halogens is 1. The summed E-state index contributed by atoms with van der Waals surface area (Å²) < 4.78 is 18.9. The summed E-state index contributed by atoms with van der Waals surface area (Å²) in [6, 6.07) is 5.88. The summed E-state index contributed by atoms with van der Waals surface area (Å²) in [5, 5.41) is 3.24. The first-order valence-corrected chi connectivity index (χ1v) is 7.00. The van der Waals surface area contributed by atoms with E-state index in [0.29, 0.717) is 19.2 Å². The summed E-state index contributed by atoms with van der Waals surface area (Å²) in [5.41, 5.74) is 1.98. The molecular formula is C15H23FN2O. The summed E-state index contributed by atoms with van der Waals surface area (Å²) in [4.78, 5) is 2.27. The van der Waals surface area contributed by atoms with Crippen LogP contribution in [-0.2, 0) is 11.3 Å². The van der Waals surface area contributed by atoms with E-state index in [0.717, 1.165) is 24.3 Å². The third-order valence-electron chi connectivity index (χ3n) is 3.38. The Morgan fingerprint density at radius 1 is 1.37 bits per heavy atom. The van der Waals surface area contributed by atoms with Crippen molar-refractivity contribution in [1.82, 2.24) is 5.32 Å². The predicted molar refractivity (Wildman–Crippen MR) is 76.0 cm³/mol. The van der Waals surface area contributed by atoms with Gasteiger partial charge in [0.25, 0.3) is 0 Å². The molecule has 1 fully saturated rings. The van der Waals surface area contributed by atoms with Crippen LogP contribution in [0.25, 0.3) is 0 Å². The maximum atomic E-state index is 13.7. The summed E-state index contributed by atoms with van der Waals surface area (Å²) in [5.74, 6) is -0.159. The molecule has 0 aliphatic heterocycles. The lowest BCUT2D eigenvalue weighted by molar-refractivity contribution is 0.205. The fourth-order valence-electron chi connectivity index (χ4n) is 2.27. The smallest absolute Gasteiger partial charge is 0.125 e. The van der Waals surface area contributed by atoms with Gasteiger partial charge >= 0.3 is 0 Å². The second-order valence-electron chi connectivity index (χ2n) is 5.02. The lowest BCUT2D eigenvalue weighted by Crippen LogP contribution is -2.29. The molecule has 1 saturated carbocycles. The molecule has 0 spiro atoms. The van der Waals surface area contributed by atoms with E-state index in [4.69, 9.17) is 4.74 Å². The fourth-order valence-corrected chi connectivity index (χ4v) is 2.27. The number of nitrogens with one attached hydrogen (secondary N) is 1. The quantitative estimate of drug-likeness (QED) is 0.782. The first kappa shape index (κ1) is 14.3. The normalized spacial score (nSPS) is 14.7. The molecule has 0 radical (unpaired) electrons. The van der Waals surface area contributed by atoms with Gasteiger partial charge in [-0.15, -0.1) is 0 Å². The highest BCUT2D eigenvalue weighted by Gasteiger charge is 2.29. The molecule has 4 heteroatoms. The SMILES string of the molecule is CCNCc1cc(F)cc(N(CCOC)C2CC2)c1. The Morgan fingerprint density at radius 2 is 2.16 bits per heavy atom. The minimum absolute atomic E-state index is 0.159. The summed E-state index contributed by atoms with van der Waals surface area (Å²) in [6.45, 7) is 5.15. The first-order chi connectivity index (χ1) is 9.24. The van der Waals surface area contributed by atoms with Gasteiger partial charge in [0.05, 0.1) is 6.61 Å². The first-order valence-electron chi connectivity index (χ1n) is 7.00. The van der Waals surface area contributed by atoms with Crippen molar-refractivity contribution in [2.45, 2.75) is 32.4 Å². The van der Waals surface area contributed by atoms with Crippen LogP contribution in [0.1, 0.15) is 25.3 Å². The van der Waals surface area contributed by atoms with Crippen LogP contribution in [0, 0.1) is 5.82 Å². The average Bonchev–Trinajstić information content (AvgIpc) is 3.21. The van der Waals surface area contributed by atoms with Gasteiger partial charge in [0, 0.05) is 31.9 Å². The molecule has 0 bridgehead atoms. The van der Waals surface area contributed by atoms with Crippen LogP contribution in [0.3, 0.4) is 0 Å². The number of nitrogens with zero attached hydrogens (tertiary/aromatic N) is 1. The molecular weight excluding hydrogens is 243 g/mol. The third-order valence-corrected chi connectivity index (χ3v) is 3.38. The van der Waals surface area contributed by atoms with Crippen LogP contribution < -0.4 is 10.2 Å². The second-order valence-corrected chi connectivity index (χ2v) is 5.02. The highest BCUT2D eigenvalue weighted by molar-refractivity contribution is 5.51. The van der Waals surface area contributed by atoms with Crippen molar-refractivity contribution in [3.63, 3.8) is 0 Å². The minimum Gasteiger partial charge on any atom is -0.383 e. The zero-order chi connectivity index (χ0) is 13.7. The standard InChI is InChI=1S/C15H23FN2O/c1-3-17-11-12-8-13(16)10-15(9-12)18(6-7-19-2)14-4-5-14/h8-10,14,17H,3-7,11H2,1-2H3. The molecule has 1 N–H and O–H groups in total. The van der Waals surface area contributed by atoms with Crippen LogP contribution in [0.15, 0.2) is 18.2 Å². The Hall–Kier alpha value is -1.13. The maximum absolute atomic E-state index is 13.7. The van der Waals surface area contributed by atoms with Crippen LogP contribution in [0.4, 0.5) is 10.1 Å². The number of rotatable bonds is 8. The molecule has 1 aliphatic carbocycles. The molecule has 1 aliphatic rings. The minimum atomic E-state index is -0.159. The van der Waals surface area contributed by atoms with Gasteiger partial charge in [-0.1, -0.05) is 6.92 Å². The van der Waals surface area contributed by atoms with E-state index in [2.05, 4.69) is 23.2 Å². The van der Waals surface area contributed by atoms with Crippen LogP contribution in [-0.4, -0.2) is 32.8 Å². The molecule has 0 atom stereocenters. The largest absolute Gasteiger partial charge is 0.383 e. The molecule has 0 amide bonds. The van der Waals surface area contributed by atoms with Crippen LogP contribution in [0.2, 0.25) is 0 Å². The van der Waals surface area contributed by atoms with Gasteiger partial charge in [-0.2, -0.15) is 0 Å². The predicted octanol–water partition coefficient (Wildman–Crippen LogP) is 2.55. The number of anilines is 1. The third kappa shape index (κ3) is 4.18. The monoisotopic (exact) mass is 266 g/mol. The molecule has 0 unspecified atom stereocenters. The van der Waals surface area contributed by atoms with Crippen molar-refractivity contribution >= 4 is 5.69 Å². The summed E-state index contributed by atoms with van der Waals surface area (Å²) >= 11 is 0. The van der Waals surface area contributed by atoms with Crippen molar-refractivity contribution in [2.75, 3.05) is 31.7 Å². The Morgan fingerprint density at radius 3 is 2.79 bits per heavy atom. The van der Waals surface area contributed by atoms with Crippen molar-refractivity contribution in [3.05, 3.63) is 29.6 Å². The van der Waals surface area contributed by atoms with E-state index < -0.39 is 0 Å². The fraction of sp³-hybridized carbons (Fsp3) is 0.600. The van der Waals surface area contributed by atoms with Gasteiger partial charge in [-0.25, -0.2) is 4.39 Å². The number of ether oxygens (including phenoxy) is 1. The Balaban J connectivity index is 2.13. The summed E-state index contributed by atoms with van der Waals surface area (Å²) in [6.07, 6.45) is 2.39. The zero-order valence-corrected chi connectivity index (χ0v) is 11.8. The number of methoxy groups -OCH3 is 1. The lowest BCUT2D eigenvalue weighted by atomic mass is 10.1. The van der Waals surface area contributed by atoms with E-state index >= 15 is 0 Å². The maximum Gasteiger partial charge on any atom is 0.125 e. The molecule has 0 saturated heterocycles. The Bertz CT molecular complexity index is 407. The Kier molecular flexibility index (Phi) is 5.16. The molecule has 1 aromatic rings. The molecule has 1 aromatic carbocycles. The molecule has 0 heterocycles. The Labute approximate surface area is 114 Å². The zero-order valence-electron chi connectivity index (χ0n) is 11.8. The number of hydrogen-bond acceptors (Lipinski definition) is 3. The molecule has 0 aromatic heterocycles. The molecule has 2 rings (SSSR count). The van der Waals surface area contributed by atoms with Gasteiger partial charge in [-0.05, 0) is 43.1 Å². The number of hydrogen-bond donors (Lipinski definition) is 1. The van der Waals surface area contributed by atoms with E-state index in [1.165, 1.54) is 12.8 Å². The second kappa shape index (κ2) is 6.87. The van der Waals surface area contributed by atoms with Gasteiger partial charge in [0.1, 0.15) is 5.82 Å². The summed E-state index contributed by atoms with van der Waals surface area (Å²) in [7, 11) is 1.70. The van der Waals surface area contributed by atoms with Gasteiger partial charge in [0.15, 0.2) is 0 Å². The van der Waals surface area contributed by atoms with E-state index in [1.54, 1.807) is 19.2 Å². The van der Waals surface area contributed by atoms with Gasteiger partial charge in [-0.3, -0.25) is 0 Å². The average molecular weight is 266 g/mol. The van der Waals surface area contributed by atoms with Crippen molar-refractivity contribution in [2.24, 2.45) is 0 Å². The van der Waals surface area contributed by atoms with Crippen LogP contribution in [0.5, 0.6) is 0 Å². The van der Waals surface area contributed by atoms with E-state index in [1.807, 2.05) is 0 Å². The lowest BCUT2D eigenvalue weighted by Gasteiger charge is -2.25. The highest BCUT2D eigenvalue weighted by atomic mass is 19.1. The molecule has 3 nitrogen and oxygen atoms in total. The van der Waals surface area contributed by atoms with Crippen molar-refractivity contribution in [1.29, 1.82) is 0 Å². The van der Waals surface area contributed by atoms with Crippen LogP contribution >= 0.6 is 0 Å². The van der Waals surface area contributed by atoms with Gasteiger partial charge < -0.3 is 15.0 Å². The molecule has 106 valence electrons. The topological polar surface area (TPSA) is 24.5 Å².